The van der Waals surface area contributed by atoms with Crippen LogP contribution in [0.3, 0.4) is 0 Å². The number of carbonyl (C=O) groups is 1. The molecule has 1 atom stereocenters. The Morgan fingerprint density at radius 2 is 2.08 bits per heavy atom. The zero-order valence-electron chi connectivity index (χ0n) is 13.6. The molecule has 0 bridgehead atoms. The number of carbonyl (C=O) groups excluding carboxylic acids is 1. The van der Waals surface area contributed by atoms with Crippen LogP contribution in [0.25, 0.3) is 11.1 Å². The maximum atomic E-state index is 11.4. The van der Waals surface area contributed by atoms with Gasteiger partial charge < -0.3 is 23.6 Å². The number of nitrogens with zero attached hydrogens (tertiary/aromatic N) is 1. The van der Waals surface area contributed by atoms with Crippen molar-refractivity contribution in [3.05, 3.63) is 48.4 Å². The summed E-state index contributed by atoms with van der Waals surface area (Å²) in [5, 5.41) is 10.7. The second-order valence-electron chi connectivity index (χ2n) is 5.64. The molecule has 2 heterocycles. The van der Waals surface area contributed by atoms with Crippen LogP contribution in [0.1, 0.15) is 12.5 Å². The van der Waals surface area contributed by atoms with E-state index in [-0.39, 0.29) is 18.3 Å². The summed E-state index contributed by atoms with van der Waals surface area (Å²) in [6.45, 7) is 2.43. The van der Waals surface area contributed by atoms with Crippen LogP contribution in [-0.4, -0.2) is 29.4 Å². The smallest absolute Gasteiger partial charge is 0.311 e. The Balaban J connectivity index is 1.81. The number of hydrogen-bond acceptors (Lipinski definition) is 5. The molecule has 1 unspecified atom stereocenters. The lowest BCUT2D eigenvalue weighted by Crippen LogP contribution is -2.19. The molecule has 0 aliphatic rings. The quantitative estimate of drug-likeness (QED) is 0.703. The van der Waals surface area contributed by atoms with Gasteiger partial charge in [-0.1, -0.05) is 30.3 Å². The highest BCUT2D eigenvalue weighted by Gasteiger charge is 2.20. The van der Waals surface area contributed by atoms with Gasteiger partial charge in [0, 0.05) is 0 Å². The van der Waals surface area contributed by atoms with Gasteiger partial charge in [0.15, 0.2) is 5.75 Å². The number of aromatic nitrogens is 1. The first-order valence-electron chi connectivity index (χ1n) is 7.64. The fraction of sp³-hybridized carbons (Fsp3) is 0.278. The molecule has 0 saturated heterocycles. The van der Waals surface area contributed by atoms with Gasteiger partial charge in [-0.3, -0.25) is 4.79 Å². The summed E-state index contributed by atoms with van der Waals surface area (Å²) in [7, 11) is 1.34. The SMILES string of the molecule is COC(=O)C(C)COc1coc2c1c(O)cn2Cc1ccccc1. The molecule has 0 aliphatic heterocycles. The molecule has 3 rings (SSSR count). The average Bonchev–Trinajstić information content (AvgIpc) is 3.15. The maximum absolute atomic E-state index is 11.4. The molecule has 6 nitrogen and oxygen atoms in total. The van der Waals surface area contributed by atoms with E-state index in [4.69, 9.17) is 9.15 Å². The zero-order valence-corrected chi connectivity index (χ0v) is 13.6. The molecule has 1 aromatic carbocycles. The van der Waals surface area contributed by atoms with Gasteiger partial charge >= 0.3 is 5.97 Å². The van der Waals surface area contributed by atoms with E-state index in [2.05, 4.69) is 4.74 Å². The summed E-state index contributed by atoms with van der Waals surface area (Å²) in [4.78, 5) is 11.4. The van der Waals surface area contributed by atoms with Crippen molar-refractivity contribution in [2.45, 2.75) is 13.5 Å². The van der Waals surface area contributed by atoms with E-state index in [1.165, 1.54) is 13.4 Å². The van der Waals surface area contributed by atoms with Crippen molar-refractivity contribution < 1.29 is 23.8 Å². The van der Waals surface area contributed by atoms with Crippen LogP contribution < -0.4 is 4.74 Å². The third-order valence-corrected chi connectivity index (χ3v) is 3.82. The van der Waals surface area contributed by atoms with Crippen LogP contribution in [0.2, 0.25) is 0 Å². The number of furan rings is 1. The van der Waals surface area contributed by atoms with Gasteiger partial charge in [0.1, 0.15) is 24.0 Å². The van der Waals surface area contributed by atoms with Crippen LogP contribution in [0.15, 0.2) is 47.2 Å². The minimum absolute atomic E-state index is 0.0791. The van der Waals surface area contributed by atoms with Crippen molar-refractivity contribution in [1.29, 1.82) is 0 Å². The van der Waals surface area contributed by atoms with Crippen LogP contribution in [0.5, 0.6) is 11.5 Å². The van der Waals surface area contributed by atoms with Gasteiger partial charge in [-0.15, -0.1) is 0 Å². The van der Waals surface area contributed by atoms with Crippen molar-refractivity contribution in [3.8, 4) is 11.5 Å². The molecule has 24 heavy (non-hydrogen) atoms. The van der Waals surface area contributed by atoms with E-state index in [1.54, 1.807) is 13.1 Å². The van der Waals surface area contributed by atoms with Crippen LogP contribution in [0.4, 0.5) is 0 Å². The maximum Gasteiger partial charge on any atom is 0.311 e. The van der Waals surface area contributed by atoms with E-state index in [1.807, 2.05) is 34.9 Å². The summed E-state index contributed by atoms with van der Waals surface area (Å²) in [5.41, 5.74) is 1.62. The highest BCUT2D eigenvalue weighted by atomic mass is 16.5. The number of benzene rings is 1. The van der Waals surface area contributed by atoms with Gasteiger partial charge in [0.05, 0.1) is 25.8 Å². The third-order valence-electron chi connectivity index (χ3n) is 3.82. The summed E-state index contributed by atoms with van der Waals surface area (Å²) in [6.07, 6.45) is 3.05. The van der Waals surface area contributed by atoms with Crippen molar-refractivity contribution >= 4 is 17.1 Å². The Morgan fingerprint density at radius 3 is 2.79 bits per heavy atom. The summed E-state index contributed by atoms with van der Waals surface area (Å²) < 4.78 is 17.7. The molecule has 2 aromatic heterocycles. The molecule has 6 heteroatoms. The van der Waals surface area contributed by atoms with Crippen molar-refractivity contribution in [3.63, 3.8) is 0 Å². The topological polar surface area (TPSA) is 73.8 Å². The summed E-state index contributed by atoms with van der Waals surface area (Å²) in [5.74, 6) is -0.269. The lowest BCUT2D eigenvalue weighted by atomic mass is 10.2. The Bertz CT molecular complexity index is 834. The van der Waals surface area contributed by atoms with Gasteiger partial charge in [-0.05, 0) is 12.5 Å². The number of esters is 1. The van der Waals surface area contributed by atoms with E-state index < -0.39 is 5.92 Å². The molecule has 1 N–H and O–H groups in total. The average molecular weight is 329 g/mol. The van der Waals surface area contributed by atoms with Crippen molar-refractivity contribution in [1.82, 2.24) is 4.57 Å². The van der Waals surface area contributed by atoms with E-state index in [0.29, 0.717) is 23.4 Å². The Hall–Kier alpha value is -2.89. The summed E-state index contributed by atoms with van der Waals surface area (Å²) in [6, 6.07) is 9.87. The summed E-state index contributed by atoms with van der Waals surface area (Å²) >= 11 is 0. The lowest BCUT2D eigenvalue weighted by Gasteiger charge is -2.09. The molecule has 0 saturated carbocycles. The second-order valence-corrected chi connectivity index (χ2v) is 5.64. The number of fused-ring (bicyclic) bond motifs is 1. The fourth-order valence-electron chi connectivity index (χ4n) is 2.54. The van der Waals surface area contributed by atoms with Crippen LogP contribution >= 0.6 is 0 Å². The van der Waals surface area contributed by atoms with Crippen LogP contribution in [-0.2, 0) is 16.1 Å². The largest absolute Gasteiger partial charge is 0.505 e. The van der Waals surface area contributed by atoms with E-state index >= 15 is 0 Å². The fourth-order valence-corrected chi connectivity index (χ4v) is 2.54. The third kappa shape index (κ3) is 3.08. The van der Waals surface area contributed by atoms with Crippen LogP contribution in [0, 0.1) is 5.92 Å². The zero-order chi connectivity index (χ0) is 17.1. The Kier molecular flexibility index (Phi) is 4.46. The second kappa shape index (κ2) is 6.70. The number of aromatic hydroxyl groups is 1. The number of methoxy groups -OCH3 is 1. The predicted molar refractivity (Wildman–Crippen MR) is 88.1 cm³/mol. The Labute approximate surface area is 139 Å². The first-order chi connectivity index (χ1) is 11.6. The normalized spacial score (nSPS) is 12.2. The van der Waals surface area contributed by atoms with Gasteiger partial charge in [-0.25, -0.2) is 0 Å². The molecule has 3 aromatic rings. The minimum Gasteiger partial charge on any atom is -0.505 e. The Morgan fingerprint density at radius 1 is 1.33 bits per heavy atom. The molecule has 0 fully saturated rings. The minimum atomic E-state index is -0.409. The predicted octanol–water partition coefficient (Wildman–Crippen LogP) is 3.18. The van der Waals surface area contributed by atoms with Gasteiger partial charge in [0.2, 0.25) is 5.71 Å². The molecule has 0 spiro atoms. The highest BCUT2D eigenvalue weighted by molar-refractivity contribution is 5.89. The molecular formula is C18H19NO5. The number of rotatable bonds is 6. The number of hydrogen-bond donors (Lipinski definition) is 1. The van der Waals surface area contributed by atoms with Gasteiger partial charge in [0.25, 0.3) is 0 Å². The first kappa shape index (κ1) is 16.0. The lowest BCUT2D eigenvalue weighted by molar-refractivity contribution is -0.145. The molecular weight excluding hydrogens is 310 g/mol. The molecule has 0 radical (unpaired) electrons. The van der Waals surface area contributed by atoms with Gasteiger partial charge in [-0.2, -0.15) is 0 Å². The molecule has 0 aliphatic carbocycles. The first-order valence-corrected chi connectivity index (χ1v) is 7.64. The van der Waals surface area contributed by atoms with E-state index in [0.717, 1.165) is 5.56 Å². The monoisotopic (exact) mass is 329 g/mol. The molecule has 126 valence electrons. The number of ether oxygens (including phenoxy) is 2. The standard InChI is InChI=1S/C18H19NO5/c1-12(18(21)22-2)10-23-15-11-24-17-16(15)14(20)9-19(17)8-13-6-4-3-5-7-13/h3-7,9,11-12,20H,8,10H2,1-2H3. The van der Waals surface area contributed by atoms with Crippen molar-refractivity contribution in [2.24, 2.45) is 5.92 Å². The molecule has 0 amide bonds. The highest BCUT2D eigenvalue weighted by Crippen LogP contribution is 2.37. The van der Waals surface area contributed by atoms with Crippen molar-refractivity contribution in [2.75, 3.05) is 13.7 Å². The van der Waals surface area contributed by atoms with E-state index in [9.17, 15) is 9.90 Å².